The minimum atomic E-state index is -1.19. The van der Waals surface area contributed by atoms with E-state index in [1.54, 1.807) is 0 Å². The number of aromatic nitrogens is 1. The average Bonchev–Trinajstić information content (AvgIpc) is 3.26. The maximum atomic E-state index is 13.1. The van der Waals surface area contributed by atoms with Crippen LogP contribution in [0.25, 0.3) is 10.9 Å². The van der Waals surface area contributed by atoms with E-state index < -0.39 is 48.4 Å². The number of carboxylic acids is 1. The van der Waals surface area contributed by atoms with Crippen LogP contribution in [0.1, 0.15) is 31.2 Å². The van der Waals surface area contributed by atoms with Gasteiger partial charge in [0, 0.05) is 17.1 Å². The third kappa shape index (κ3) is 9.17. The molecule has 198 valence electrons. The van der Waals surface area contributed by atoms with Gasteiger partial charge in [-0.15, -0.1) is 0 Å². The summed E-state index contributed by atoms with van der Waals surface area (Å²) in [6.45, 7) is -0.129. The molecule has 0 bridgehead atoms. The second kappa shape index (κ2) is 15.1. The van der Waals surface area contributed by atoms with Gasteiger partial charge in [0.25, 0.3) is 0 Å². The van der Waals surface area contributed by atoms with Gasteiger partial charge in [-0.3, -0.25) is 19.2 Å². The van der Waals surface area contributed by atoms with Gasteiger partial charge in [0.1, 0.15) is 18.6 Å². The van der Waals surface area contributed by atoms with Gasteiger partial charge in [0.15, 0.2) is 0 Å². The number of amides is 3. The molecular weight excluding hydrogens is 484 g/mol. The SMILES string of the molecule is CSCCC(NC(=O)C(N)Cc1c[nH]c2ccccc12)C(=O)NC(CCCCN)C(=O)NCC(=O)O. The van der Waals surface area contributed by atoms with Crippen LogP contribution in [0.15, 0.2) is 30.5 Å². The molecule has 0 aliphatic rings. The normalized spacial score (nSPS) is 13.5. The first kappa shape index (κ1) is 29.1. The molecule has 0 radical (unpaired) electrons. The molecule has 0 spiro atoms. The van der Waals surface area contributed by atoms with Crippen molar-refractivity contribution >= 4 is 46.4 Å². The van der Waals surface area contributed by atoms with E-state index in [0.717, 1.165) is 16.5 Å². The number of hydrogen-bond acceptors (Lipinski definition) is 7. The van der Waals surface area contributed by atoms with Crippen molar-refractivity contribution in [2.45, 2.75) is 50.2 Å². The number of carboxylic acid groups (broad SMARTS) is 1. The van der Waals surface area contributed by atoms with E-state index in [1.807, 2.05) is 36.7 Å². The zero-order chi connectivity index (χ0) is 26.5. The van der Waals surface area contributed by atoms with Crippen molar-refractivity contribution in [2.75, 3.05) is 25.1 Å². The number of aromatic amines is 1. The van der Waals surface area contributed by atoms with Gasteiger partial charge in [-0.05, 0) is 62.3 Å². The summed E-state index contributed by atoms with van der Waals surface area (Å²) >= 11 is 1.52. The molecule has 3 atom stereocenters. The van der Waals surface area contributed by atoms with Gasteiger partial charge < -0.3 is 37.5 Å². The number of benzene rings is 1. The predicted molar refractivity (Wildman–Crippen MR) is 140 cm³/mol. The number of nitrogens with one attached hydrogen (secondary N) is 4. The number of H-pyrrole nitrogens is 1. The number of thioether (sulfide) groups is 1. The quantitative estimate of drug-likeness (QED) is 0.151. The topological polar surface area (TPSA) is 192 Å². The Morgan fingerprint density at radius 2 is 1.72 bits per heavy atom. The molecule has 11 nitrogen and oxygen atoms in total. The molecule has 36 heavy (non-hydrogen) atoms. The Bertz CT molecular complexity index is 1030. The van der Waals surface area contributed by atoms with Crippen LogP contribution in [0.2, 0.25) is 0 Å². The third-order valence-corrected chi connectivity index (χ3v) is 6.33. The molecule has 2 rings (SSSR count). The van der Waals surface area contributed by atoms with Crippen LogP contribution in [0.4, 0.5) is 0 Å². The number of rotatable bonds is 16. The molecular formula is C24H36N6O5S. The van der Waals surface area contributed by atoms with Crippen LogP contribution in [-0.4, -0.2) is 77.0 Å². The summed E-state index contributed by atoms with van der Waals surface area (Å²) in [6, 6.07) is 4.97. The Kier molecular flexibility index (Phi) is 12.2. The highest BCUT2D eigenvalue weighted by Crippen LogP contribution is 2.19. The minimum Gasteiger partial charge on any atom is -0.480 e. The third-order valence-electron chi connectivity index (χ3n) is 5.69. The van der Waals surface area contributed by atoms with Crippen molar-refractivity contribution in [3.05, 3.63) is 36.0 Å². The highest BCUT2D eigenvalue weighted by Gasteiger charge is 2.28. The van der Waals surface area contributed by atoms with E-state index in [-0.39, 0.29) is 12.8 Å². The molecule has 1 aromatic carbocycles. The number of para-hydroxylation sites is 1. The Morgan fingerprint density at radius 1 is 1.03 bits per heavy atom. The zero-order valence-corrected chi connectivity index (χ0v) is 21.2. The second-order valence-electron chi connectivity index (χ2n) is 8.47. The maximum Gasteiger partial charge on any atom is 0.322 e. The average molecular weight is 521 g/mol. The zero-order valence-electron chi connectivity index (χ0n) is 20.4. The molecule has 0 fully saturated rings. The predicted octanol–water partition coefficient (Wildman–Crippen LogP) is 0.0902. The van der Waals surface area contributed by atoms with Crippen molar-refractivity contribution in [3.63, 3.8) is 0 Å². The lowest BCUT2D eigenvalue weighted by Crippen LogP contribution is -2.56. The maximum absolute atomic E-state index is 13.1. The molecule has 1 heterocycles. The molecule has 9 N–H and O–H groups in total. The molecule has 0 aliphatic heterocycles. The molecule has 3 amide bonds. The van der Waals surface area contributed by atoms with Crippen molar-refractivity contribution in [1.82, 2.24) is 20.9 Å². The fraction of sp³-hybridized carbons (Fsp3) is 0.500. The summed E-state index contributed by atoms with van der Waals surface area (Å²) in [5.41, 5.74) is 13.5. The molecule has 0 saturated carbocycles. The number of carbonyl (C=O) groups excluding carboxylic acids is 3. The van der Waals surface area contributed by atoms with Crippen LogP contribution in [0, 0.1) is 0 Å². The molecule has 12 heteroatoms. The number of hydrogen-bond donors (Lipinski definition) is 7. The lowest BCUT2D eigenvalue weighted by atomic mass is 10.0. The van der Waals surface area contributed by atoms with Gasteiger partial charge >= 0.3 is 5.97 Å². The summed E-state index contributed by atoms with van der Waals surface area (Å²) < 4.78 is 0. The first-order chi connectivity index (χ1) is 17.3. The van der Waals surface area contributed by atoms with Crippen LogP contribution in [0.3, 0.4) is 0 Å². The Balaban J connectivity index is 2.06. The smallest absolute Gasteiger partial charge is 0.322 e. The van der Waals surface area contributed by atoms with E-state index in [4.69, 9.17) is 16.6 Å². The van der Waals surface area contributed by atoms with Crippen molar-refractivity contribution in [1.29, 1.82) is 0 Å². The Morgan fingerprint density at radius 3 is 2.42 bits per heavy atom. The largest absolute Gasteiger partial charge is 0.480 e. The lowest BCUT2D eigenvalue weighted by Gasteiger charge is -2.24. The number of fused-ring (bicyclic) bond motifs is 1. The molecule has 1 aromatic heterocycles. The standard InChI is InChI=1S/C24H36N6O5S/c1-36-11-9-20(24(35)30-19(8-4-5-10-25)23(34)28-14-21(31)32)29-22(33)17(26)12-15-13-27-18-7-3-2-6-16(15)18/h2-3,6-7,13,17,19-20,27H,4-5,8-12,14,25-26H2,1H3,(H,28,34)(H,29,33)(H,30,35)(H,31,32). The first-order valence-electron chi connectivity index (χ1n) is 11.9. The van der Waals surface area contributed by atoms with Crippen molar-refractivity contribution in [2.24, 2.45) is 11.5 Å². The fourth-order valence-electron chi connectivity index (χ4n) is 3.73. The number of unbranched alkanes of at least 4 members (excludes halogenated alkanes) is 1. The van der Waals surface area contributed by atoms with E-state index in [1.165, 1.54) is 11.8 Å². The Hall–Kier alpha value is -3.09. The van der Waals surface area contributed by atoms with Gasteiger partial charge in [-0.2, -0.15) is 11.8 Å². The Labute approximate surface area is 214 Å². The number of aliphatic carboxylic acids is 1. The monoisotopic (exact) mass is 520 g/mol. The second-order valence-corrected chi connectivity index (χ2v) is 9.46. The van der Waals surface area contributed by atoms with E-state index in [2.05, 4.69) is 20.9 Å². The van der Waals surface area contributed by atoms with Crippen LogP contribution in [-0.2, 0) is 25.6 Å². The molecule has 0 aliphatic carbocycles. The fourth-order valence-corrected chi connectivity index (χ4v) is 4.20. The summed E-state index contributed by atoms with van der Waals surface area (Å²) in [7, 11) is 0. The molecule has 2 aromatic rings. The van der Waals surface area contributed by atoms with E-state index in [9.17, 15) is 19.2 Å². The first-order valence-corrected chi connectivity index (χ1v) is 13.3. The van der Waals surface area contributed by atoms with Gasteiger partial charge in [0.05, 0.1) is 6.04 Å². The summed E-state index contributed by atoms with van der Waals surface area (Å²) in [5, 5.41) is 17.5. The van der Waals surface area contributed by atoms with Crippen LogP contribution in [0.5, 0.6) is 0 Å². The van der Waals surface area contributed by atoms with E-state index >= 15 is 0 Å². The van der Waals surface area contributed by atoms with Crippen molar-refractivity contribution < 1.29 is 24.3 Å². The number of nitrogens with two attached hydrogens (primary N) is 2. The highest BCUT2D eigenvalue weighted by atomic mass is 32.2. The molecule has 3 unspecified atom stereocenters. The van der Waals surface area contributed by atoms with Gasteiger partial charge in [-0.25, -0.2) is 0 Å². The van der Waals surface area contributed by atoms with E-state index in [0.29, 0.717) is 31.6 Å². The summed E-state index contributed by atoms with van der Waals surface area (Å²) in [5.74, 6) is -2.20. The van der Waals surface area contributed by atoms with Crippen molar-refractivity contribution in [3.8, 4) is 0 Å². The van der Waals surface area contributed by atoms with Crippen LogP contribution < -0.4 is 27.4 Å². The summed E-state index contributed by atoms with van der Waals surface area (Å²) in [6.07, 6.45) is 5.83. The highest BCUT2D eigenvalue weighted by molar-refractivity contribution is 7.98. The minimum absolute atomic E-state index is 0.284. The lowest BCUT2D eigenvalue weighted by molar-refractivity contribution is -0.138. The van der Waals surface area contributed by atoms with Gasteiger partial charge in [-0.1, -0.05) is 18.2 Å². The van der Waals surface area contributed by atoms with Crippen LogP contribution >= 0.6 is 11.8 Å². The van der Waals surface area contributed by atoms with Gasteiger partial charge in [0.2, 0.25) is 17.7 Å². The summed E-state index contributed by atoms with van der Waals surface area (Å²) in [4.78, 5) is 52.5. The number of carbonyl (C=O) groups is 4. The molecule has 0 saturated heterocycles.